The number of hydrogen-bond acceptors (Lipinski definition) is 2. The Kier molecular flexibility index (Phi) is 10.1. The molecular weight excluding hydrogens is 849 g/mol. The fraction of sp³-hybridized carbons (Fsp3) is 0. The van der Waals surface area contributed by atoms with Gasteiger partial charge in [0.25, 0.3) is 0 Å². The zero-order valence-corrected chi connectivity index (χ0v) is 38.3. The van der Waals surface area contributed by atoms with Crippen LogP contribution in [0.1, 0.15) is 0 Å². The number of nitrogens with zero attached hydrogens (tertiary/aromatic N) is 4. The Morgan fingerprint density at radius 3 is 0.800 bits per heavy atom. The zero-order valence-electron chi connectivity index (χ0n) is 38.3. The zero-order chi connectivity index (χ0) is 46.4. The molecule has 0 bridgehead atoms. The van der Waals surface area contributed by atoms with Gasteiger partial charge in [-0.1, -0.05) is 146 Å². The van der Waals surface area contributed by atoms with Crippen LogP contribution >= 0.6 is 0 Å². The van der Waals surface area contributed by atoms with Gasteiger partial charge < -0.3 is 18.9 Å². The quantitative estimate of drug-likeness (QED) is 0.136. The highest BCUT2D eigenvalue weighted by atomic mass is 15.1. The van der Waals surface area contributed by atoms with Crippen molar-refractivity contribution in [2.24, 2.45) is 0 Å². The van der Waals surface area contributed by atoms with Gasteiger partial charge >= 0.3 is 0 Å². The molecule has 13 rings (SSSR count). The van der Waals surface area contributed by atoms with Crippen molar-refractivity contribution >= 4 is 77.7 Å². The molecule has 0 spiro atoms. The van der Waals surface area contributed by atoms with Gasteiger partial charge in [0.1, 0.15) is 0 Å². The summed E-state index contributed by atoms with van der Waals surface area (Å²) in [6, 6.07) is 101. The van der Waals surface area contributed by atoms with Gasteiger partial charge in [0.15, 0.2) is 0 Å². The summed E-state index contributed by atoms with van der Waals surface area (Å²) in [5.74, 6) is 0. The first-order valence-corrected chi connectivity index (χ1v) is 23.9. The van der Waals surface area contributed by atoms with E-state index in [1.807, 2.05) is 0 Å². The summed E-state index contributed by atoms with van der Waals surface area (Å²) < 4.78 is 4.87. The average Bonchev–Trinajstić information content (AvgIpc) is 3.93. The van der Waals surface area contributed by atoms with Crippen LogP contribution in [0, 0.1) is 0 Å². The molecule has 0 saturated carbocycles. The largest absolute Gasteiger partial charge is 0.311 e. The minimum Gasteiger partial charge on any atom is -0.311 e. The second-order valence-corrected chi connectivity index (χ2v) is 17.8. The summed E-state index contributed by atoms with van der Waals surface area (Å²) in [5, 5.41) is 4.86. The molecule has 0 N–H and O–H groups in total. The van der Waals surface area contributed by atoms with Crippen molar-refractivity contribution in [3.8, 4) is 33.6 Å². The van der Waals surface area contributed by atoms with Crippen LogP contribution in [0.3, 0.4) is 0 Å². The van der Waals surface area contributed by atoms with Crippen LogP contribution in [-0.4, -0.2) is 9.13 Å². The molecule has 70 heavy (non-hydrogen) atoms. The molecule has 0 fully saturated rings. The molecule has 0 radical (unpaired) electrons. The average molecular weight is 895 g/mol. The van der Waals surface area contributed by atoms with Gasteiger partial charge in [-0.3, -0.25) is 0 Å². The van der Waals surface area contributed by atoms with Crippen LogP contribution in [0.5, 0.6) is 0 Å². The Bertz CT molecular complexity index is 3600. The lowest BCUT2D eigenvalue weighted by Crippen LogP contribution is -2.09. The van der Waals surface area contributed by atoms with E-state index in [0.717, 1.165) is 45.5 Å². The van der Waals surface area contributed by atoms with Gasteiger partial charge in [-0.25, -0.2) is 0 Å². The normalized spacial score (nSPS) is 11.4. The molecule has 0 aliphatic carbocycles. The molecule has 11 aromatic carbocycles. The first-order valence-electron chi connectivity index (χ1n) is 23.9. The monoisotopic (exact) mass is 894 g/mol. The Morgan fingerprint density at radius 1 is 0.200 bits per heavy atom. The molecule has 2 heterocycles. The van der Waals surface area contributed by atoms with Crippen LogP contribution < -0.4 is 9.80 Å². The lowest BCUT2D eigenvalue weighted by Gasteiger charge is -2.25. The number of fused-ring (bicyclic) bond motifs is 6. The predicted molar refractivity (Wildman–Crippen MR) is 295 cm³/mol. The molecule has 0 aliphatic rings. The van der Waals surface area contributed by atoms with Crippen molar-refractivity contribution in [3.05, 3.63) is 279 Å². The smallest absolute Gasteiger partial charge is 0.0562 e. The number of aromatic nitrogens is 2. The molecule has 4 heteroatoms. The van der Waals surface area contributed by atoms with E-state index in [-0.39, 0.29) is 0 Å². The van der Waals surface area contributed by atoms with Crippen LogP contribution in [0.25, 0.3) is 77.2 Å². The number of rotatable bonds is 10. The number of benzene rings is 11. The summed E-state index contributed by atoms with van der Waals surface area (Å²) in [4.78, 5) is 4.62. The Morgan fingerprint density at radius 2 is 0.471 bits per heavy atom. The topological polar surface area (TPSA) is 16.3 Å². The summed E-state index contributed by atoms with van der Waals surface area (Å²) in [6.07, 6.45) is 0. The molecule has 0 aliphatic heterocycles. The minimum atomic E-state index is 1.11. The maximum absolute atomic E-state index is 2.45. The highest BCUT2D eigenvalue weighted by molar-refractivity contribution is 6.20. The standard InChI is InChI=1S/C66H46N4/c1-7-19-51(20-8-1)67(52-21-9-2-10-22-52)57-37-31-47(32-38-57)49-35-41-63-59(43-49)61-45-62-60-44-50(48-33-39-58(40-34-48)68(53-23-11-3-12-24-53)54-25-13-4-14-26-54)36-42-64(60)70(56-29-17-6-18-30-56)66(62)46-65(61)69(63)55-27-15-5-16-28-55/h1-46H. The van der Waals surface area contributed by atoms with Crippen molar-refractivity contribution in [2.45, 2.75) is 0 Å². The van der Waals surface area contributed by atoms with Gasteiger partial charge in [0, 0.05) is 67.0 Å². The summed E-state index contributed by atoms with van der Waals surface area (Å²) in [7, 11) is 0. The molecule has 0 atom stereocenters. The van der Waals surface area contributed by atoms with Crippen molar-refractivity contribution in [3.63, 3.8) is 0 Å². The fourth-order valence-corrected chi connectivity index (χ4v) is 10.4. The van der Waals surface area contributed by atoms with Crippen molar-refractivity contribution in [1.82, 2.24) is 9.13 Å². The summed E-state index contributed by atoms with van der Waals surface area (Å²) >= 11 is 0. The minimum absolute atomic E-state index is 1.11. The highest BCUT2D eigenvalue weighted by Crippen LogP contribution is 2.43. The second-order valence-electron chi connectivity index (χ2n) is 17.8. The molecule has 13 aromatic rings. The third-order valence-electron chi connectivity index (χ3n) is 13.7. The maximum Gasteiger partial charge on any atom is 0.0562 e. The lowest BCUT2D eigenvalue weighted by molar-refractivity contribution is 1.16. The van der Waals surface area contributed by atoms with E-state index in [9.17, 15) is 0 Å². The van der Waals surface area contributed by atoms with Crippen molar-refractivity contribution in [2.75, 3.05) is 9.80 Å². The maximum atomic E-state index is 2.45. The summed E-state index contributed by atoms with van der Waals surface area (Å²) in [6.45, 7) is 0. The van der Waals surface area contributed by atoms with Gasteiger partial charge in [-0.05, 0) is 156 Å². The van der Waals surface area contributed by atoms with E-state index in [0.29, 0.717) is 0 Å². The summed E-state index contributed by atoms with van der Waals surface area (Å²) in [5.41, 5.74) is 18.3. The van der Waals surface area contributed by atoms with Crippen molar-refractivity contribution in [1.29, 1.82) is 0 Å². The van der Waals surface area contributed by atoms with E-state index >= 15 is 0 Å². The number of para-hydroxylation sites is 6. The first-order chi connectivity index (χ1) is 34.7. The molecule has 2 aromatic heterocycles. The van der Waals surface area contributed by atoms with Crippen LogP contribution in [0.2, 0.25) is 0 Å². The Balaban J connectivity index is 0.967. The van der Waals surface area contributed by atoms with Crippen LogP contribution in [0.4, 0.5) is 34.1 Å². The third-order valence-corrected chi connectivity index (χ3v) is 13.7. The molecule has 0 unspecified atom stereocenters. The highest BCUT2D eigenvalue weighted by Gasteiger charge is 2.21. The fourth-order valence-electron chi connectivity index (χ4n) is 10.4. The Hall–Kier alpha value is -9.38. The number of hydrogen-bond donors (Lipinski definition) is 0. The van der Waals surface area contributed by atoms with Crippen LogP contribution in [0.15, 0.2) is 279 Å². The van der Waals surface area contributed by atoms with E-state index < -0.39 is 0 Å². The van der Waals surface area contributed by atoms with E-state index in [1.54, 1.807) is 0 Å². The molecule has 330 valence electrons. The first kappa shape index (κ1) is 40.9. The van der Waals surface area contributed by atoms with Crippen molar-refractivity contribution < 1.29 is 0 Å². The predicted octanol–water partition coefficient (Wildman–Crippen LogP) is 18.2. The molecule has 0 saturated heterocycles. The molecular formula is C66H46N4. The number of anilines is 6. The second kappa shape index (κ2) is 17.4. The molecule has 0 amide bonds. The van der Waals surface area contributed by atoms with E-state index in [1.165, 1.54) is 65.9 Å². The third kappa shape index (κ3) is 7.18. The Labute approximate surface area is 407 Å². The van der Waals surface area contributed by atoms with Gasteiger partial charge in [0.2, 0.25) is 0 Å². The SMILES string of the molecule is c1ccc(N(c2ccccc2)c2ccc(-c3ccc4c(c3)c3cc5c6cc(-c7ccc(N(c8ccccc8)c8ccccc8)cc7)ccc6n(-c6ccccc6)c5cc3n4-c3ccccc3)cc2)cc1. The van der Waals surface area contributed by atoms with E-state index in [2.05, 4.69) is 298 Å². The van der Waals surface area contributed by atoms with Gasteiger partial charge in [0.05, 0.1) is 22.1 Å². The van der Waals surface area contributed by atoms with Gasteiger partial charge in [-0.2, -0.15) is 0 Å². The molecule has 4 nitrogen and oxygen atoms in total. The van der Waals surface area contributed by atoms with Crippen LogP contribution in [-0.2, 0) is 0 Å². The van der Waals surface area contributed by atoms with E-state index in [4.69, 9.17) is 0 Å². The van der Waals surface area contributed by atoms with Gasteiger partial charge in [-0.15, -0.1) is 0 Å². The lowest BCUT2D eigenvalue weighted by atomic mass is 10.00.